The number of aliphatic carboxylic acids is 1. The molecule has 2 aromatic rings. The minimum absolute atomic E-state index is 0.0241. The summed E-state index contributed by atoms with van der Waals surface area (Å²) in [6.45, 7) is 0. The predicted octanol–water partition coefficient (Wildman–Crippen LogP) is 3.69. The quantitative estimate of drug-likeness (QED) is 0.383. The molecule has 0 spiro atoms. The van der Waals surface area contributed by atoms with Crippen molar-refractivity contribution in [1.82, 2.24) is 0 Å². The monoisotopic (exact) mass is 357 g/mol. The molecule has 26 heavy (non-hydrogen) atoms. The zero-order valence-corrected chi connectivity index (χ0v) is 13.7. The van der Waals surface area contributed by atoms with Crippen LogP contribution in [0.1, 0.15) is 22.5 Å². The number of nitro benzene ring substituents is 1. The number of hydrogen-bond donors (Lipinski definition) is 1. The fourth-order valence-corrected chi connectivity index (χ4v) is 2.15. The number of benzene rings is 1. The second-order valence-corrected chi connectivity index (χ2v) is 5.11. The molecule has 0 atom stereocenters. The van der Waals surface area contributed by atoms with Crippen molar-refractivity contribution < 1.29 is 28.8 Å². The molecule has 8 nitrogen and oxygen atoms in total. The minimum atomic E-state index is -0.998. The van der Waals surface area contributed by atoms with Gasteiger partial charge in [0.15, 0.2) is 5.76 Å². The van der Waals surface area contributed by atoms with Crippen molar-refractivity contribution in [2.24, 2.45) is 0 Å². The number of allylic oxidation sites excluding steroid dienone is 1. The van der Waals surface area contributed by atoms with Crippen molar-refractivity contribution in [3.05, 3.63) is 70.2 Å². The second kappa shape index (κ2) is 8.43. The Kier molecular flexibility index (Phi) is 6.05. The summed E-state index contributed by atoms with van der Waals surface area (Å²) in [5.41, 5.74) is 1.49. The molecule has 0 saturated heterocycles. The number of rotatable bonds is 4. The van der Waals surface area contributed by atoms with Crippen molar-refractivity contribution in [2.75, 3.05) is 7.11 Å². The number of non-ortho nitro benzene ring substituents is 1. The maximum absolute atomic E-state index is 11.6. The summed E-state index contributed by atoms with van der Waals surface area (Å²) in [5.74, 6) is -0.150. The first-order valence-corrected chi connectivity index (χ1v) is 7.43. The Balaban J connectivity index is 0.000000298. The highest BCUT2D eigenvalue weighted by molar-refractivity contribution is 6.01. The first kappa shape index (κ1) is 18.7. The van der Waals surface area contributed by atoms with Crippen molar-refractivity contribution in [2.45, 2.75) is 6.42 Å². The van der Waals surface area contributed by atoms with Crippen molar-refractivity contribution in [1.29, 1.82) is 0 Å². The van der Waals surface area contributed by atoms with Gasteiger partial charge in [-0.2, -0.15) is 0 Å². The lowest BCUT2D eigenvalue weighted by Gasteiger charge is -2.00. The SMILES string of the molecule is CO/C=C/C(=O)O.O=C1CC=Cc2cc(-c3ccc([N+](=O)[O-])cc3)oc21. The van der Waals surface area contributed by atoms with Crippen LogP contribution in [0.5, 0.6) is 0 Å². The van der Waals surface area contributed by atoms with Gasteiger partial charge in [0.2, 0.25) is 5.78 Å². The summed E-state index contributed by atoms with van der Waals surface area (Å²) in [6.07, 6.45) is 6.00. The van der Waals surface area contributed by atoms with E-state index in [1.54, 1.807) is 24.3 Å². The first-order valence-electron chi connectivity index (χ1n) is 7.43. The normalized spacial score (nSPS) is 12.3. The van der Waals surface area contributed by atoms with Gasteiger partial charge in [0, 0.05) is 29.7 Å². The number of nitrogens with zero attached hydrogens (tertiary/aromatic N) is 1. The van der Waals surface area contributed by atoms with Crippen LogP contribution in [-0.4, -0.2) is 28.9 Å². The molecule has 0 bridgehead atoms. The van der Waals surface area contributed by atoms with Gasteiger partial charge in [0.1, 0.15) is 5.76 Å². The van der Waals surface area contributed by atoms with Crippen LogP contribution in [0.4, 0.5) is 5.69 Å². The number of furan rings is 1. The number of ether oxygens (including phenoxy) is 1. The Morgan fingerprint density at radius 1 is 1.35 bits per heavy atom. The molecule has 0 aliphatic heterocycles. The largest absolute Gasteiger partial charge is 0.504 e. The van der Waals surface area contributed by atoms with Gasteiger partial charge in [-0.25, -0.2) is 4.79 Å². The van der Waals surface area contributed by atoms with Crippen LogP contribution < -0.4 is 0 Å². The maximum Gasteiger partial charge on any atom is 0.331 e. The smallest absolute Gasteiger partial charge is 0.331 e. The number of methoxy groups -OCH3 is 1. The summed E-state index contributed by atoms with van der Waals surface area (Å²) in [4.78, 5) is 31.4. The Bertz CT molecular complexity index is 875. The third-order valence-electron chi connectivity index (χ3n) is 3.32. The van der Waals surface area contributed by atoms with Gasteiger partial charge in [-0.3, -0.25) is 14.9 Å². The number of carboxylic acids is 1. The highest BCUT2D eigenvalue weighted by atomic mass is 16.6. The number of carbonyl (C=O) groups is 2. The summed E-state index contributed by atoms with van der Waals surface area (Å²) in [7, 11) is 1.39. The molecular weight excluding hydrogens is 342 g/mol. The summed E-state index contributed by atoms with van der Waals surface area (Å²) in [5, 5.41) is 18.5. The zero-order valence-electron chi connectivity index (χ0n) is 13.7. The second-order valence-electron chi connectivity index (χ2n) is 5.11. The molecule has 0 radical (unpaired) electrons. The van der Waals surface area contributed by atoms with Crippen molar-refractivity contribution >= 4 is 23.5 Å². The van der Waals surface area contributed by atoms with Crippen LogP contribution in [0, 0.1) is 10.1 Å². The van der Waals surface area contributed by atoms with Crippen molar-refractivity contribution in [3.8, 4) is 11.3 Å². The molecule has 0 fully saturated rings. The van der Waals surface area contributed by atoms with Gasteiger partial charge in [-0.15, -0.1) is 0 Å². The van der Waals surface area contributed by atoms with Gasteiger partial charge >= 0.3 is 5.97 Å². The topological polar surface area (TPSA) is 120 Å². The highest BCUT2D eigenvalue weighted by Crippen LogP contribution is 2.30. The van der Waals surface area contributed by atoms with Crippen LogP contribution in [0.3, 0.4) is 0 Å². The maximum atomic E-state index is 11.6. The molecule has 0 amide bonds. The lowest BCUT2D eigenvalue weighted by molar-refractivity contribution is -0.384. The van der Waals surface area contributed by atoms with E-state index in [1.165, 1.54) is 19.2 Å². The average molecular weight is 357 g/mol. The highest BCUT2D eigenvalue weighted by Gasteiger charge is 2.19. The van der Waals surface area contributed by atoms with Crippen LogP contribution >= 0.6 is 0 Å². The van der Waals surface area contributed by atoms with E-state index in [4.69, 9.17) is 9.52 Å². The van der Waals surface area contributed by atoms with Crippen LogP contribution in [0.2, 0.25) is 0 Å². The number of Topliss-reactive ketones (excluding diaryl/α,β-unsaturated/α-hetero) is 1. The lowest BCUT2D eigenvalue weighted by Crippen LogP contribution is -2.00. The molecule has 8 heteroatoms. The van der Waals surface area contributed by atoms with E-state index in [0.717, 1.165) is 17.9 Å². The van der Waals surface area contributed by atoms with E-state index >= 15 is 0 Å². The average Bonchev–Trinajstić information content (AvgIpc) is 3.06. The molecule has 1 aromatic heterocycles. The molecule has 1 aromatic carbocycles. The molecule has 134 valence electrons. The summed E-state index contributed by atoms with van der Waals surface area (Å²) < 4.78 is 9.83. The fourth-order valence-electron chi connectivity index (χ4n) is 2.15. The number of ketones is 1. The van der Waals surface area contributed by atoms with E-state index in [2.05, 4.69) is 4.74 Å². The molecule has 0 unspecified atom stereocenters. The molecule has 1 aliphatic carbocycles. The predicted molar refractivity (Wildman–Crippen MR) is 92.6 cm³/mol. The lowest BCUT2D eigenvalue weighted by atomic mass is 10.0. The summed E-state index contributed by atoms with van der Waals surface area (Å²) in [6, 6.07) is 7.81. The fraction of sp³-hybridized carbons (Fsp3) is 0.111. The molecule has 3 rings (SSSR count). The number of fused-ring (bicyclic) bond motifs is 1. The zero-order chi connectivity index (χ0) is 19.1. The number of hydrogen-bond acceptors (Lipinski definition) is 6. The van der Waals surface area contributed by atoms with Gasteiger partial charge < -0.3 is 14.3 Å². The van der Waals surface area contributed by atoms with E-state index < -0.39 is 10.9 Å². The third-order valence-corrected chi connectivity index (χ3v) is 3.32. The molecule has 1 N–H and O–H groups in total. The van der Waals surface area contributed by atoms with E-state index in [9.17, 15) is 19.7 Å². The van der Waals surface area contributed by atoms with Crippen LogP contribution in [0.15, 0.2) is 53.2 Å². The first-order chi connectivity index (χ1) is 12.4. The number of carboxylic acid groups (broad SMARTS) is 1. The van der Waals surface area contributed by atoms with Crippen LogP contribution in [-0.2, 0) is 9.53 Å². The Morgan fingerprint density at radius 2 is 2.04 bits per heavy atom. The Morgan fingerprint density at radius 3 is 2.54 bits per heavy atom. The minimum Gasteiger partial charge on any atom is -0.504 e. The molecule has 0 saturated carbocycles. The number of nitro groups is 1. The van der Waals surface area contributed by atoms with Gasteiger partial charge in [-0.05, 0) is 18.2 Å². The van der Waals surface area contributed by atoms with Crippen molar-refractivity contribution in [3.63, 3.8) is 0 Å². The Hall–Kier alpha value is -3.68. The van der Waals surface area contributed by atoms with Gasteiger partial charge in [-0.1, -0.05) is 12.2 Å². The van der Waals surface area contributed by atoms with Crippen LogP contribution in [0.25, 0.3) is 17.4 Å². The van der Waals surface area contributed by atoms with E-state index in [1.807, 2.05) is 6.08 Å². The molecule has 1 aliphatic rings. The standard InChI is InChI=1S/C14H9NO4.C4H6O3/c16-12-3-1-2-10-8-13(19-14(10)12)9-4-6-11(7-5-9)15(17)18;1-7-3-2-4(5)6/h1-2,4-8H,3H2;2-3H,1H3,(H,5,6)/b;3-2+. The number of carbonyl (C=O) groups excluding carboxylic acids is 1. The summed E-state index contributed by atoms with van der Waals surface area (Å²) >= 11 is 0. The van der Waals surface area contributed by atoms with Gasteiger partial charge in [0.05, 0.1) is 24.4 Å². The van der Waals surface area contributed by atoms with E-state index in [-0.39, 0.29) is 11.5 Å². The molecule has 1 heterocycles. The molecular formula is C18H15NO7. The Labute approximate surface area is 148 Å². The van der Waals surface area contributed by atoms with Gasteiger partial charge in [0.25, 0.3) is 5.69 Å². The van der Waals surface area contributed by atoms with E-state index in [0.29, 0.717) is 23.5 Å². The third kappa shape index (κ3) is 4.67.